The second kappa shape index (κ2) is 12.2. The van der Waals surface area contributed by atoms with Crippen LogP contribution >= 0.6 is 26.5 Å². The van der Waals surface area contributed by atoms with Gasteiger partial charge in [-0.2, -0.15) is 8.78 Å². The van der Waals surface area contributed by atoms with Crippen molar-refractivity contribution < 1.29 is 71.4 Å². The molecular weight excluding hydrogens is 678 g/mol. The largest absolute Gasteiger partial charge is 0.443 e. The van der Waals surface area contributed by atoms with E-state index in [0.29, 0.717) is 0 Å². The number of carbonyl (C=O) groups is 1. The highest BCUT2D eigenvalue weighted by Crippen LogP contribution is 2.75. The summed E-state index contributed by atoms with van der Waals surface area (Å²) >= 11 is 0.812. The van der Waals surface area contributed by atoms with Gasteiger partial charge in [-0.25, -0.2) is 19.9 Å². The molecule has 2 unspecified atom stereocenters. The SMILES string of the molecule is NC(=O)c1csc([C@@H]2O[C@H](COP(=O)(O)C(F)(F)P(=O)(O)OC[C@H]3O[C@@H](n4cnc5c(N)ncnc54)[C@H](O)[C@@H]3O)[C@@H](O)[C@H]2O)n1. The van der Waals surface area contributed by atoms with Crippen molar-refractivity contribution in [2.75, 3.05) is 18.9 Å². The highest BCUT2D eigenvalue weighted by atomic mass is 32.1. The first-order valence-electron chi connectivity index (χ1n) is 12.5. The average molecular weight is 703 g/mol. The van der Waals surface area contributed by atoms with Crippen LogP contribution in [0.2, 0.25) is 0 Å². The van der Waals surface area contributed by atoms with Crippen LogP contribution in [0.4, 0.5) is 14.6 Å². The Labute approximate surface area is 253 Å². The van der Waals surface area contributed by atoms with Gasteiger partial charge < -0.3 is 60.2 Å². The predicted molar refractivity (Wildman–Crippen MR) is 142 cm³/mol. The molecule has 1 amide bonds. The maximum Gasteiger partial charge on any atom is 0.443 e. The van der Waals surface area contributed by atoms with Crippen molar-refractivity contribution >= 4 is 49.4 Å². The number of nitrogens with zero attached hydrogens (tertiary/aromatic N) is 5. The first-order chi connectivity index (χ1) is 21.0. The van der Waals surface area contributed by atoms with Crippen LogP contribution in [-0.4, -0.2) is 116 Å². The van der Waals surface area contributed by atoms with Crippen molar-refractivity contribution in [2.24, 2.45) is 5.73 Å². The first kappa shape index (κ1) is 33.7. The second-order valence-electron chi connectivity index (χ2n) is 9.78. The topological polar surface area (TPSA) is 318 Å². The number of rotatable bonds is 11. The molecule has 10 N–H and O–H groups in total. The number of halogens is 2. The molecule has 25 heteroatoms. The van der Waals surface area contributed by atoms with Crippen molar-refractivity contribution in [3.63, 3.8) is 0 Å². The van der Waals surface area contributed by atoms with Crippen LogP contribution in [0.15, 0.2) is 18.0 Å². The van der Waals surface area contributed by atoms with Gasteiger partial charge in [0, 0.05) is 5.38 Å². The fraction of sp³-hybridized carbons (Fsp3) is 0.550. The molecule has 0 saturated carbocycles. The Morgan fingerprint density at radius 2 is 1.60 bits per heavy atom. The van der Waals surface area contributed by atoms with Crippen LogP contribution in [0.5, 0.6) is 0 Å². The second-order valence-corrected chi connectivity index (χ2v) is 14.7. The van der Waals surface area contributed by atoms with E-state index in [-0.39, 0.29) is 27.7 Å². The Balaban J connectivity index is 1.22. The summed E-state index contributed by atoms with van der Waals surface area (Å²) < 4.78 is 75.5. The third-order valence-electron chi connectivity index (χ3n) is 6.89. The van der Waals surface area contributed by atoms with Crippen LogP contribution in [0, 0.1) is 0 Å². The number of carbonyl (C=O) groups excluding carboxylic acids is 1. The van der Waals surface area contributed by atoms with Crippen LogP contribution < -0.4 is 11.5 Å². The fourth-order valence-corrected chi connectivity index (χ4v) is 7.95. The molecule has 3 aromatic heterocycles. The van der Waals surface area contributed by atoms with Gasteiger partial charge in [0.1, 0.15) is 65.3 Å². The smallest absolute Gasteiger partial charge is 0.387 e. The number of aromatic nitrogens is 5. The van der Waals surface area contributed by atoms with Gasteiger partial charge in [-0.05, 0) is 0 Å². The Morgan fingerprint density at radius 3 is 2.20 bits per heavy atom. The highest BCUT2D eigenvalue weighted by molar-refractivity contribution is 7.72. The van der Waals surface area contributed by atoms with Gasteiger partial charge >= 0.3 is 20.6 Å². The van der Waals surface area contributed by atoms with Crippen LogP contribution in [-0.2, 0) is 27.7 Å². The molecule has 248 valence electrons. The minimum absolute atomic E-state index is 0.0194. The van der Waals surface area contributed by atoms with E-state index < -0.39 is 88.7 Å². The summed E-state index contributed by atoms with van der Waals surface area (Å²) in [5, 5.41) is 37.1. The van der Waals surface area contributed by atoms with Crippen molar-refractivity contribution in [3.05, 3.63) is 28.7 Å². The fourth-order valence-electron chi connectivity index (χ4n) is 4.44. The molecule has 3 aromatic rings. The maximum absolute atomic E-state index is 14.9. The number of thiazole rings is 1. The lowest BCUT2D eigenvalue weighted by Gasteiger charge is -2.27. The van der Waals surface area contributed by atoms with E-state index in [9.17, 15) is 52.9 Å². The van der Waals surface area contributed by atoms with E-state index in [0.717, 1.165) is 28.6 Å². The summed E-state index contributed by atoms with van der Waals surface area (Å²) in [7, 11) is -12.8. The monoisotopic (exact) mass is 703 g/mol. The lowest BCUT2D eigenvalue weighted by Crippen LogP contribution is -2.35. The maximum atomic E-state index is 14.9. The van der Waals surface area contributed by atoms with Crippen LogP contribution in [0.25, 0.3) is 11.2 Å². The third-order valence-corrected chi connectivity index (χ3v) is 11.7. The summed E-state index contributed by atoms with van der Waals surface area (Å²) in [6.45, 7) is -2.56. The Hall–Kier alpha value is -2.63. The van der Waals surface area contributed by atoms with E-state index in [4.69, 9.17) is 20.9 Å². The number of ether oxygens (including phenoxy) is 2. The van der Waals surface area contributed by atoms with Crippen molar-refractivity contribution in [1.82, 2.24) is 24.5 Å². The van der Waals surface area contributed by atoms with Crippen LogP contribution in [0.1, 0.15) is 27.8 Å². The van der Waals surface area contributed by atoms with Gasteiger partial charge in [0.2, 0.25) is 0 Å². The number of aliphatic hydroxyl groups excluding tert-OH is 4. The molecular formula is C20H25F2N7O13P2S. The molecule has 10 atom stereocenters. The standard InChI is InChI=1S/C20H25F2N7O13P2S/c21-20(22,43(35,36)39-1-7-10(30)12(32)14(41-7)18-28-6(3-45-18)16(24)34)44(37,38)40-2-8-11(31)13(33)19(42-8)29-5-27-9-15(23)25-4-26-17(9)29/h3-5,7-8,10-14,19,30-33H,1-2H2,(H2,24,34)(H,35,36)(H,37,38)(H2,23,25,26)/t7-,8-,10-,11-,12-,13-,14-,19-/m1/s1. The molecule has 2 saturated heterocycles. The molecule has 20 nitrogen and oxygen atoms in total. The number of hydrogen-bond acceptors (Lipinski definition) is 17. The van der Waals surface area contributed by atoms with Crippen LogP contribution in [0.3, 0.4) is 0 Å². The molecule has 2 aliphatic rings. The Morgan fingerprint density at radius 1 is 1.00 bits per heavy atom. The number of nitrogens with two attached hydrogens (primary N) is 2. The zero-order valence-electron chi connectivity index (χ0n) is 22.3. The van der Waals surface area contributed by atoms with Gasteiger partial charge in [0.05, 0.1) is 19.5 Å². The lowest BCUT2D eigenvalue weighted by atomic mass is 10.1. The molecule has 0 radical (unpaired) electrons. The number of aliphatic hydroxyl groups is 4. The summed E-state index contributed by atoms with van der Waals surface area (Å²) in [6.07, 6.45) is -11.3. The minimum atomic E-state index is -6.40. The van der Waals surface area contributed by atoms with E-state index in [2.05, 4.69) is 29.0 Å². The molecule has 5 rings (SSSR count). The van der Waals surface area contributed by atoms with Gasteiger partial charge in [0.15, 0.2) is 17.7 Å². The molecule has 0 spiro atoms. The number of alkyl halides is 2. The zero-order chi connectivity index (χ0) is 33.1. The third kappa shape index (κ3) is 6.00. The summed E-state index contributed by atoms with van der Waals surface area (Å²) in [5.74, 6) is -0.920. The predicted octanol–water partition coefficient (Wildman–Crippen LogP) is -1.60. The normalized spacial score (nSPS) is 31.6. The number of amides is 1. The molecule has 0 aromatic carbocycles. The van der Waals surface area contributed by atoms with E-state index in [1.165, 1.54) is 5.38 Å². The molecule has 0 bridgehead atoms. The van der Waals surface area contributed by atoms with Crippen molar-refractivity contribution in [3.8, 4) is 0 Å². The number of imidazole rings is 1. The summed E-state index contributed by atoms with van der Waals surface area (Å²) in [5.41, 5.74) is 10.8. The zero-order valence-corrected chi connectivity index (χ0v) is 24.9. The van der Waals surface area contributed by atoms with Gasteiger partial charge in [-0.15, -0.1) is 11.3 Å². The first-order valence-corrected chi connectivity index (χ1v) is 16.5. The van der Waals surface area contributed by atoms with Gasteiger partial charge in [-0.1, -0.05) is 0 Å². The number of fused-ring (bicyclic) bond motifs is 1. The molecule has 45 heavy (non-hydrogen) atoms. The molecule has 5 heterocycles. The quantitative estimate of drug-likeness (QED) is 0.104. The minimum Gasteiger partial charge on any atom is -0.387 e. The van der Waals surface area contributed by atoms with E-state index in [1.54, 1.807) is 0 Å². The van der Waals surface area contributed by atoms with E-state index >= 15 is 0 Å². The summed E-state index contributed by atoms with van der Waals surface area (Å²) in [6, 6.07) is 0. The number of primary amides is 1. The molecule has 2 fully saturated rings. The molecule has 0 aliphatic carbocycles. The van der Waals surface area contributed by atoms with Gasteiger partial charge in [-0.3, -0.25) is 18.5 Å². The van der Waals surface area contributed by atoms with Gasteiger partial charge in [0.25, 0.3) is 5.91 Å². The number of anilines is 1. The summed E-state index contributed by atoms with van der Waals surface area (Å²) in [4.78, 5) is 46.7. The molecule has 2 aliphatic heterocycles. The van der Waals surface area contributed by atoms with Crippen molar-refractivity contribution in [2.45, 2.75) is 54.4 Å². The van der Waals surface area contributed by atoms with E-state index in [1.807, 2.05) is 0 Å². The average Bonchev–Trinajstić information content (AvgIpc) is 3.75. The number of nitrogen functional groups attached to an aromatic ring is 1. The highest BCUT2D eigenvalue weighted by Gasteiger charge is 2.67. The van der Waals surface area contributed by atoms with Crippen molar-refractivity contribution in [1.29, 1.82) is 0 Å². The Bertz CT molecular complexity index is 1680. The Kier molecular flexibility index (Phi) is 9.14. The number of hydrogen-bond donors (Lipinski definition) is 8. The lowest BCUT2D eigenvalue weighted by molar-refractivity contribution is -0.0513.